The standard InChI is InChI=1S/C25H35N3O3.HI/c1-18-8-10-19(11-9-18)24-20(7-6-14-31-24)16-27-25(26-2)28(3)17-21-12-13-22(29-4)15-23(21)30-5;/h8-13,15,20,24H,6-7,14,16-17H2,1-5H3,(H,26,27);1H. The first-order valence-corrected chi connectivity index (χ1v) is 10.9. The van der Waals surface area contributed by atoms with Gasteiger partial charge in [0.1, 0.15) is 11.5 Å². The fourth-order valence-corrected chi connectivity index (χ4v) is 4.10. The highest BCUT2D eigenvalue weighted by atomic mass is 127. The topological polar surface area (TPSA) is 55.3 Å². The van der Waals surface area contributed by atoms with E-state index >= 15 is 0 Å². The van der Waals surface area contributed by atoms with Crippen LogP contribution in [0.15, 0.2) is 47.5 Å². The van der Waals surface area contributed by atoms with Crippen LogP contribution in [0.4, 0.5) is 0 Å². The van der Waals surface area contributed by atoms with E-state index in [4.69, 9.17) is 14.2 Å². The lowest BCUT2D eigenvalue weighted by Crippen LogP contribution is -2.42. The van der Waals surface area contributed by atoms with Gasteiger partial charge in [0.15, 0.2) is 5.96 Å². The van der Waals surface area contributed by atoms with Crippen molar-refractivity contribution in [3.63, 3.8) is 0 Å². The lowest BCUT2D eigenvalue weighted by Gasteiger charge is -2.33. The van der Waals surface area contributed by atoms with Gasteiger partial charge in [-0.1, -0.05) is 29.8 Å². The highest BCUT2D eigenvalue weighted by molar-refractivity contribution is 14.0. The van der Waals surface area contributed by atoms with Gasteiger partial charge in [-0.2, -0.15) is 0 Å². The summed E-state index contributed by atoms with van der Waals surface area (Å²) in [4.78, 5) is 6.60. The zero-order chi connectivity index (χ0) is 22.2. The molecule has 0 radical (unpaired) electrons. The Balaban J connectivity index is 0.00000363. The normalized spacial score (nSPS) is 18.5. The highest BCUT2D eigenvalue weighted by Gasteiger charge is 2.28. The zero-order valence-corrected chi connectivity index (χ0v) is 22.1. The first-order chi connectivity index (χ1) is 15.0. The van der Waals surface area contributed by atoms with Crippen LogP contribution >= 0.6 is 24.0 Å². The first kappa shape index (κ1) is 26.3. The van der Waals surface area contributed by atoms with E-state index in [1.165, 1.54) is 11.1 Å². The van der Waals surface area contributed by atoms with Crippen molar-refractivity contribution in [3.8, 4) is 11.5 Å². The molecule has 6 nitrogen and oxygen atoms in total. The molecule has 2 aromatic carbocycles. The maximum absolute atomic E-state index is 6.17. The van der Waals surface area contributed by atoms with Gasteiger partial charge in [0.2, 0.25) is 0 Å². The van der Waals surface area contributed by atoms with Gasteiger partial charge in [0.05, 0.1) is 20.3 Å². The van der Waals surface area contributed by atoms with Crippen LogP contribution in [-0.2, 0) is 11.3 Å². The van der Waals surface area contributed by atoms with E-state index in [1.54, 1.807) is 14.2 Å². The summed E-state index contributed by atoms with van der Waals surface area (Å²) in [7, 11) is 7.19. The second-order valence-corrected chi connectivity index (χ2v) is 8.07. The lowest BCUT2D eigenvalue weighted by atomic mass is 9.89. The number of aryl methyl sites for hydroxylation is 1. The summed E-state index contributed by atoms with van der Waals surface area (Å²) in [6.45, 7) is 4.42. The van der Waals surface area contributed by atoms with Gasteiger partial charge in [-0.05, 0) is 37.5 Å². The predicted molar refractivity (Wildman–Crippen MR) is 140 cm³/mol. The van der Waals surface area contributed by atoms with Crippen LogP contribution in [0.3, 0.4) is 0 Å². The van der Waals surface area contributed by atoms with E-state index in [9.17, 15) is 0 Å². The largest absolute Gasteiger partial charge is 0.497 e. The molecule has 1 N–H and O–H groups in total. The molecule has 1 aliphatic rings. The molecule has 1 saturated heterocycles. The van der Waals surface area contributed by atoms with E-state index < -0.39 is 0 Å². The molecule has 32 heavy (non-hydrogen) atoms. The molecule has 1 heterocycles. The summed E-state index contributed by atoms with van der Waals surface area (Å²) < 4.78 is 17.0. The summed E-state index contributed by atoms with van der Waals surface area (Å²) in [5.41, 5.74) is 3.60. The summed E-state index contributed by atoms with van der Waals surface area (Å²) in [5, 5.41) is 3.56. The van der Waals surface area contributed by atoms with Gasteiger partial charge in [-0.3, -0.25) is 4.99 Å². The van der Waals surface area contributed by atoms with Crippen LogP contribution in [0, 0.1) is 12.8 Å². The minimum absolute atomic E-state index is 0. The molecule has 176 valence electrons. The number of hydrogen-bond donors (Lipinski definition) is 1. The van der Waals surface area contributed by atoms with Crippen LogP contribution in [-0.4, -0.2) is 52.3 Å². The number of benzene rings is 2. The van der Waals surface area contributed by atoms with Crippen LogP contribution in [0.25, 0.3) is 0 Å². The van der Waals surface area contributed by atoms with Gasteiger partial charge < -0.3 is 24.4 Å². The SMILES string of the molecule is CN=C(NCC1CCCOC1c1ccc(C)cc1)N(C)Cc1ccc(OC)cc1OC.I. The number of rotatable bonds is 7. The van der Waals surface area contributed by atoms with Gasteiger partial charge >= 0.3 is 0 Å². The molecule has 3 rings (SSSR count). The van der Waals surface area contributed by atoms with Crippen molar-refractivity contribution in [2.75, 3.05) is 41.5 Å². The van der Waals surface area contributed by atoms with E-state index in [0.717, 1.165) is 49.0 Å². The van der Waals surface area contributed by atoms with Crippen molar-refractivity contribution in [2.45, 2.75) is 32.4 Å². The van der Waals surface area contributed by atoms with Crippen LogP contribution in [0.2, 0.25) is 0 Å². The first-order valence-electron chi connectivity index (χ1n) is 10.9. The Kier molecular flexibility index (Phi) is 10.6. The Morgan fingerprint density at radius 2 is 1.91 bits per heavy atom. The number of aliphatic imine (C=N–C) groups is 1. The van der Waals surface area contributed by atoms with Crippen LogP contribution in [0.5, 0.6) is 11.5 Å². The van der Waals surface area contributed by atoms with Gasteiger partial charge in [0, 0.05) is 51.3 Å². The van der Waals surface area contributed by atoms with Gasteiger partial charge in [-0.25, -0.2) is 0 Å². The number of nitrogens with one attached hydrogen (secondary N) is 1. The molecular formula is C25H36IN3O3. The van der Waals surface area contributed by atoms with Crippen molar-refractivity contribution in [3.05, 3.63) is 59.2 Å². The third-order valence-corrected chi connectivity index (χ3v) is 5.85. The summed E-state index contributed by atoms with van der Waals surface area (Å²) in [6, 6.07) is 14.6. The maximum atomic E-state index is 6.17. The monoisotopic (exact) mass is 553 g/mol. The molecule has 0 saturated carbocycles. The third kappa shape index (κ3) is 6.75. The van der Waals surface area contributed by atoms with E-state index in [0.29, 0.717) is 12.5 Å². The number of guanidine groups is 1. The van der Waals surface area contributed by atoms with E-state index in [-0.39, 0.29) is 30.1 Å². The van der Waals surface area contributed by atoms with Crippen molar-refractivity contribution in [1.82, 2.24) is 10.2 Å². The Hall–Kier alpha value is -2.00. The predicted octanol–water partition coefficient (Wildman–Crippen LogP) is 4.81. The average Bonchev–Trinajstić information content (AvgIpc) is 2.80. The maximum Gasteiger partial charge on any atom is 0.193 e. The molecule has 0 spiro atoms. The molecule has 1 fully saturated rings. The smallest absolute Gasteiger partial charge is 0.193 e. The lowest BCUT2D eigenvalue weighted by molar-refractivity contribution is -0.0266. The minimum Gasteiger partial charge on any atom is -0.497 e. The summed E-state index contributed by atoms with van der Waals surface area (Å²) in [5.74, 6) is 2.84. The molecule has 0 aromatic heterocycles. The van der Waals surface area contributed by atoms with E-state index in [1.807, 2.05) is 32.3 Å². The number of nitrogens with zero attached hydrogens (tertiary/aromatic N) is 2. The van der Waals surface area contributed by atoms with Gasteiger partial charge in [0.25, 0.3) is 0 Å². The number of ether oxygens (including phenoxy) is 3. The van der Waals surface area contributed by atoms with E-state index in [2.05, 4.69) is 46.4 Å². The third-order valence-electron chi connectivity index (χ3n) is 5.85. The van der Waals surface area contributed by atoms with Crippen LogP contribution < -0.4 is 14.8 Å². The molecule has 2 atom stereocenters. The fraction of sp³-hybridized carbons (Fsp3) is 0.480. The highest BCUT2D eigenvalue weighted by Crippen LogP contribution is 2.33. The number of methoxy groups -OCH3 is 2. The Bertz CT molecular complexity index is 873. The average molecular weight is 553 g/mol. The molecule has 2 unspecified atom stereocenters. The minimum atomic E-state index is 0. The molecule has 0 aliphatic carbocycles. The Morgan fingerprint density at radius 1 is 1.16 bits per heavy atom. The Morgan fingerprint density at radius 3 is 2.56 bits per heavy atom. The summed E-state index contributed by atoms with van der Waals surface area (Å²) in [6.07, 6.45) is 2.34. The van der Waals surface area contributed by atoms with Crippen molar-refractivity contribution in [2.24, 2.45) is 10.9 Å². The molecule has 0 bridgehead atoms. The van der Waals surface area contributed by atoms with Crippen molar-refractivity contribution >= 4 is 29.9 Å². The second kappa shape index (κ2) is 12.9. The number of hydrogen-bond acceptors (Lipinski definition) is 4. The second-order valence-electron chi connectivity index (χ2n) is 8.07. The fourth-order valence-electron chi connectivity index (χ4n) is 4.10. The summed E-state index contributed by atoms with van der Waals surface area (Å²) >= 11 is 0. The molecular weight excluding hydrogens is 517 g/mol. The van der Waals surface area contributed by atoms with Gasteiger partial charge in [-0.15, -0.1) is 24.0 Å². The van der Waals surface area contributed by atoms with Crippen molar-refractivity contribution < 1.29 is 14.2 Å². The zero-order valence-electron chi connectivity index (χ0n) is 19.8. The molecule has 7 heteroatoms. The molecule has 1 aliphatic heterocycles. The number of halogens is 1. The van der Waals surface area contributed by atoms with Crippen LogP contribution in [0.1, 0.15) is 35.6 Å². The quantitative estimate of drug-likeness (QED) is 0.303. The Labute approximate surface area is 209 Å². The molecule has 0 amide bonds. The molecule has 2 aromatic rings. The van der Waals surface area contributed by atoms with Crippen molar-refractivity contribution in [1.29, 1.82) is 0 Å².